The Balaban J connectivity index is 2.14. The molecule has 0 saturated carbocycles. The first-order chi connectivity index (χ1) is 4.33. The quantitative estimate of drug-likeness (QED) is 0.518. The summed E-state index contributed by atoms with van der Waals surface area (Å²) in [6.45, 7) is 2.59. The van der Waals surface area contributed by atoms with E-state index in [2.05, 4.69) is 12.2 Å². The fraction of sp³-hybridized carbons (Fsp3) is 1.00. The fourth-order valence-corrected chi connectivity index (χ4v) is 1.08. The van der Waals surface area contributed by atoms with Crippen LogP contribution < -0.4 is 11.1 Å². The highest BCUT2D eigenvalue weighted by Gasteiger charge is 2.19. The van der Waals surface area contributed by atoms with Gasteiger partial charge in [-0.15, -0.1) is 0 Å². The van der Waals surface area contributed by atoms with E-state index in [1.807, 2.05) is 0 Å². The summed E-state index contributed by atoms with van der Waals surface area (Å²) in [5.41, 5.74) is 5.26. The Labute approximate surface area is 55.6 Å². The third-order valence-corrected chi connectivity index (χ3v) is 1.58. The summed E-state index contributed by atoms with van der Waals surface area (Å²) in [6.07, 6.45) is 2.87. The maximum absolute atomic E-state index is 5.41. The van der Waals surface area contributed by atoms with Gasteiger partial charge in [0.05, 0.1) is 6.10 Å². The molecule has 3 nitrogen and oxygen atoms in total. The predicted molar refractivity (Wildman–Crippen MR) is 35.8 cm³/mol. The van der Waals surface area contributed by atoms with Crippen molar-refractivity contribution in [3.8, 4) is 0 Å². The van der Waals surface area contributed by atoms with E-state index >= 15 is 0 Å². The third-order valence-electron chi connectivity index (χ3n) is 1.58. The van der Waals surface area contributed by atoms with E-state index in [4.69, 9.17) is 10.5 Å². The average molecular weight is 130 g/mol. The van der Waals surface area contributed by atoms with Crippen molar-refractivity contribution in [3.05, 3.63) is 0 Å². The van der Waals surface area contributed by atoms with Crippen LogP contribution in [-0.2, 0) is 4.74 Å². The van der Waals surface area contributed by atoms with E-state index in [0.717, 1.165) is 12.8 Å². The van der Waals surface area contributed by atoms with Gasteiger partial charge in [0.1, 0.15) is 6.23 Å². The molecule has 3 N–H and O–H groups in total. The third kappa shape index (κ3) is 1.93. The topological polar surface area (TPSA) is 47.3 Å². The van der Waals surface area contributed by atoms with Crippen LogP contribution in [0.4, 0.5) is 0 Å². The molecule has 0 aromatic rings. The van der Waals surface area contributed by atoms with Gasteiger partial charge in [-0.05, 0) is 19.8 Å². The lowest BCUT2D eigenvalue weighted by molar-refractivity contribution is 0.0360. The average Bonchev–Trinajstić information content (AvgIpc) is 2.17. The lowest BCUT2D eigenvalue weighted by Gasteiger charge is -2.10. The van der Waals surface area contributed by atoms with Gasteiger partial charge in [0.2, 0.25) is 0 Å². The number of nitrogens with one attached hydrogen (secondary N) is 1. The van der Waals surface area contributed by atoms with Crippen LogP contribution in [0.25, 0.3) is 0 Å². The van der Waals surface area contributed by atoms with E-state index in [-0.39, 0.29) is 6.23 Å². The second-order valence-electron chi connectivity index (χ2n) is 2.42. The molecular weight excluding hydrogens is 116 g/mol. The van der Waals surface area contributed by atoms with Crippen LogP contribution in [0.15, 0.2) is 0 Å². The van der Waals surface area contributed by atoms with Gasteiger partial charge in [0.15, 0.2) is 0 Å². The molecule has 1 saturated heterocycles. The van der Waals surface area contributed by atoms with Crippen molar-refractivity contribution in [2.75, 3.05) is 6.67 Å². The second kappa shape index (κ2) is 3.15. The van der Waals surface area contributed by atoms with E-state index in [1.165, 1.54) is 0 Å². The molecule has 2 atom stereocenters. The molecule has 1 fully saturated rings. The molecule has 1 aliphatic heterocycles. The number of rotatable bonds is 2. The van der Waals surface area contributed by atoms with Gasteiger partial charge in [0, 0.05) is 6.67 Å². The molecular formula is C6H14N2O. The first-order valence-corrected chi connectivity index (χ1v) is 3.42. The van der Waals surface area contributed by atoms with Gasteiger partial charge in [-0.2, -0.15) is 0 Å². The minimum absolute atomic E-state index is 0.213. The summed E-state index contributed by atoms with van der Waals surface area (Å²) in [5.74, 6) is 0. The zero-order valence-electron chi connectivity index (χ0n) is 5.76. The molecule has 1 aliphatic rings. The van der Waals surface area contributed by atoms with Crippen LogP contribution in [-0.4, -0.2) is 19.0 Å². The molecule has 0 bridgehead atoms. The summed E-state index contributed by atoms with van der Waals surface area (Å²) < 4.78 is 5.41. The van der Waals surface area contributed by atoms with E-state index in [1.54, 1.807) is 0 Å². The monoisotopic (exact) mass is 130 g/mol. The molecule has 0 aromatic carbocycles. The lowest BCUT2D eigenvalue weighted by Crippen LogP contribution is -2.33. The Kier molecular flexibility index (Phi) is 2.45. The molecule has 1 heterocycles. The molecule has 9 heavy (non-hydrogen) atoms. The first-order valence-electron chi connectivity index (χ1n) is 3.42. The molecule has 0 aromatic heterocycles. The van der Waals surface area contributed by atoms with Crippen molar-refractivity contribution in [1.82, 2.24) is 5.32 Å². The summed E-state index contributed by atoms with van der Waals surface area (Å²) in [5, 5.41) is 3.03. The Morgan fingerprint density at radius 2 is 2.44 bits per heavy atom. The molecule has 2 unspecified atom stereocenters. The van der Waals surface area contributed by atoms with E-state index in [0.29, 0.717) is 12.8 Å². The summed E-state index contributed by atoms with van der Waals surface area (Å²) in [7, 11) is 0. The van der Waals surface area contributed by atoms with Crippen molar-refractivity contribution in [2.45, 2.75) is 32.1 Å². The number of hydrogen-bond donors (Lipinski definition) is 2. The lowest BCUT2D eigenvalue weighted by atomic mass is 10.2. The number of hydrogen-bond acceptors (Lipinski definition) is 3. The van der Waals surface area contributed by atoms with Gasteiger partial charge in [-0.1, -0.05) is 0 Å². The second-order valence-corrected chi connectivity index (χ2v) is 2.42. The summed E-state index contributed by atoms with van der Waals surface area (Å²) in [4.78, 5) is 0. The normalized spacial score (nSPS) is 35.3. The van der Waals surface area contributed by atoms with Gasteiger partial charge >= 0.3 is 0 Å². The molecule has 3 heteroatoms. The van der Waals surface area contributed by atoms with Crippen molar-refractivity contribution < 1.29 is 4.74 Å². The van der Waals surface area contributed by atoms with Gasteiger partial charge < -0.3 is 10.5 Å². The molecule has 0 aliphatic carbocycles. The van der Waals surface area contributed by atoms with E-state index in [9.17, 15) is 0 Å². The number of ether oxygens (including phenoxy) is 1. The van der Waals surface area contributed by atoms with Crippen molar-refractivity contribution >= 4 is 0 Å². The van der Waals surface area contributed by atoms with Crippen molar-refractivity contribution in [3.63, 3.8) is 0 Å². The Morgan fingerprint density at radius 3 is 2.89 bits per heavy atom. The molecule has 0 radical (unpaired) electrons. The zero-order valence-corrected chi connectivity index (χ0v) is 5.76. The Bertz CT molecular complexity index is 85.1. The molecule has 54 valence electrons. The van der Waals surface area contributed by atoms with Gasteiger partial charge in [-0.25, -0.2) is 0 Å². The van der Waals surface area contributed by atoms with Crippen LogP contribution in [0.2, 0.25) is 0 Å². The maximum Gasteiger partial charge on any atom is 0.109 e. The SMILES string of the molecule is CC1CCC(NCN)O1. The van der Waals surface area contributed by atoms with Crippen LogP contribution in [0.3, 0.4) is 0 Å². The predicted octanol–water partition coefficient (Wildman–Crippen LogP) is 0.0172. The van der Waals surface area contributed by atoms with Crippen LogP contribution in [0, 0.1) is 0 Å². The molecule has 1 rings (SSSR count). The maximum atomic E-state index is 5.41. The van der Waals surface area contributed by atoms with E-state index < -0.39 is 0 Å². The van der Waals surface area contributed by atoms with Crippen LogP contribution in [0.5, 0.6) is 0 Å². The number of nitrogens with two attached hydrogens (primary N) is 1. The highest BCUT2D eigenvalue weighted by Crippen LogP contribution is 2.15. The van der Waals surface area contributed by atoms with Gasteiger partial charge in [-0.3, -0.25) is 5.32 Å². The van der Waals surface area contributed by atoms with Crippen LogP contribution in [0.1, 0.15) is 19.8 Å². The Hall–Kier alpha value is -0.120. The standard InChI is InChI=1S/C6H14N2O/c1-5-2-3-6(9-5)8-4-7/h5-6,8H,2-4,7H2,1H3. The summed E-state index contributed by atoms with van der Waals surface area (Å²) in [6, 6.07) is 0. The van der Waals surface area contributed by atoms with Crippen LogP contribution >= 0.6 is 0 Å². The fourth-order valence-electron chi connectivity index (χ4n) is 1.08. The molecule has 0 amide bonds. The minimum atomic E-state index is 0.213. The largest absolute Gasteiger partial charge is 0.360 e. The first kappa shape index (κ1) is 6.99. The highest BCUT2D eigenvalue weighted by molar-refractivity contribution is 4.67. The minimum Gasteiger partial charge on any atom is -0.360 e. The Morgan fingerprint density at radius 1 is 1.67 bits per heavy atom. The van der Waals surface area contributed by atoms with Crippen molar-refractivity contribution in [2.24, 2.45) is 5.73 Å². The smallest absolute Gasteiger partial charge is 0.109 e. The van der Waals surface area contributed by atoms with Crippen molar-refractivity contribution in [1.29, 1.82) is 0 Å². The highest BCUT2D eigenvalue weighted by atomic mass is 16.5. The van der Waals surface area contributed by atoms with Gasteiger partial charge in [0.25, 0.3) is 0 Å². The zero-order chi connectivity index (χ0) is 6.69. The summed E-state index contributed by atoms with van der Waals surface area (Å²) >= 11 is 0. The molecule has 0 spiro atoms.